The van der Waals surface area contributed by atoms with Gasteiger partial charge in [-0.3, -0.25) is 14.2 Å². The number of hydrogen-bond acceptors (Lipinski definition) is 7. The van der Waals surface area contributed by atoms with Crippen LogP contribution in [0.2, 0.25) is 0 Å². The van der Waals surface area contributed by atoms with Gasteiger partial charge in [-0.05, 0) is 73.2 Å². The highest BCUT2D eigenvalue weighted by Crippen LogP contribution is 2.37. The molecule has 1 atom stereocenters. The van der Waals surface area contributed by atoms with E-state index in [1.165, 1.54) is 41.9 Å². The average molecular weight is 525 g/mol. The molecule has 4 aromatic rings. The third kappa shape index (κ3) is 4.53. The molecule has 0 amide bonds. The number of ketones is 1. The highest BCUT2D eigenvalue weighted by Gasteiger charge is 2.25. The van der Waals surface area contributed by atoms with Gasteiger partial charge in [0.05, 0.1) is 31.0 Å². The van der Waals surface area contributed by atoms with E-state index in [1.54, 1.807) is 47.3 Å². The molecule has 0 spiro atoms. The third-order valence-corrected chi connectivity index (χ3v) is 8.52. The minimum Gasteiger partial charge on any atom is -0.497 e. The van der Waals surface area contributed by atoms with Crippen LogP contribution in [0.5, 0.6) is 11.5 Å². The Kier molecular flexibility index (Phi) is 6.85. The number of benzene rings is 2. The SMILES string of the molecule is COc1ccc(-n2c(SCC(=O)c3ccc(OC)c(F)c3)nc3sc4c(c3c2=O)CCC(C)C4)cc1. The van der Waals surface area contributed by atoms with Crippen molar-refractivity contribution in [1.29, 1.82) is 0 Å². The minimum atomic E-state index is -0.596. The van der Waals surface area contributed by atoms with Gasteiger partial charge in [0.15, 0.2) is 22.5 Å². The van der Waals surface area contributed by atoms with Crippen LogP contribution in [0.4, 0.5) is 4.39 Å². The molecule has 2 aromatic heterocycles. The van der Waals surface area contributed by atoms with Gasteiger partial charge in [0, 0.05) is 10.4 Å². The first-order valence-corrected chi connectivity index (χ1v) is 13.4. The molecule has 0 saturated heterocycles. The van der Waals surface area contributed by atoms with Gasteiger partial charge in [-0.15, -0.1) is 11.3 Å². The molecule has 0 bridgehead atoms. The van der Waals surface area contributed by atoms with E-state index in [1.807, 2.05) is 0 Å². The maximum atomic E-state index is 14.1. The highest BCUT2D eigenvalue weighted by atomic mass is 32.2. The summed E-state index contributed by atoms with van der Waals surface area (Å²) in [5, 5.41) is 1.09. The number of nitrogens with zero attached hydrogens (tertiary/aromatic N) is 2. The van der Waals surface area contributed by atoms with Crippen LogP contribution < -0.4 is 15.0 Å². The Hall–Kier alpha value is -3.17. The summed E-state index contributed by atoms with van der Waals surface area (Å²) >= 11 is 2.74. The topological polar surface area (TPSA) is 70.4 Å². The van der Waals surface area contributed by atoms with Crippen molar-refractivity contribution in [3.05, 3.63) is 74.6 Å². The van der Waals surface area contributed by atoms with Gasteiger partial charge in [0.1, 0.15) is 10.6 Å². The monoisotopic (exact) mass is 524 g/mol. The van der Waals surface area contributed by atoms with E-state index in [2.05, 4.69) is 6.92 Å². The molecule has 5 rings (SSSR count). The largest absolute Gasteiger partial charge is 0.497 e. The summed E-state index contributed by atoms with van der Waals surface area (Å²) in [7, 11) is 2.96. The number of carbonyl (C=O) groups is 1. The molecule has 0 saturated carbocycles. The summed E-state index contributed by atoms with van der Waals surface area (Å²) in [6, 6.07) is 11.3. The number of methoxy groups -OCH3 is 2. The van der Waals surface area contributed by atoms with E-state index in [4.69, 9.17) is 14.5 Å². The second-order valence-corrected chi connectivity index (χ2v) is 10.9. The number of rotatable bonds is 7. The number of aryl methyl sites for hydroxylation is 1. The van der Waals surface area contributed by atoms with Crippen LogP contribution >= 0.6 is 23.1 Å². The molecular weight excluding hydrogens is 499 g/mol. The number of hydrogen-bond donors (Lipinski definition) is 0. The molecule has 0 N–H and O–H groups in total. The number of thiophene rings is 1. The minimum absolute atomic E-state index is 0.00198. The molecule has 1 aliphatic carbocycles. The van der Waals surface area contributed by atoms with Crippen molar-refractivity contribution >= 4 is 39.1 Å². The molecule has 36 heavy (non-hydrogen) atoms. The van der Waals surface area contributed by atoms with Crippen LogP contribution in [-0.4, -0.2) is 35.3 Å². The normalized spacial score (nSPS) is 15.1. The Morgan fingerprint density at radius 1 is 1.19 bits per heavy atom. The number of halogens is 1. The van der Waals surface area contributed by atoms with Gasteiger partial charge in [-0.2, -0.15) is 0 Å². The van der Waals surface area contributed by atoms with E-state index in [0.717, 1.165) is 24.8 Å². The Morgan fingerprint density at radius 3 is 2.67 bits per heavy atom. The summed E-state index contributed by atoms with van der Waals surface area (Å²) < 4.78 is 25.9. The molecule has 1 aliphatic rings. The van der Waals surface area contributed by atoms with Gasteiger partial charge in [0.2, 0.25) is 0 Å². The average Bonchev–Trinajstić information content (AvgIpc) is 3.25. The fourth-order valence-electron chi connectivity index (χ4n) is 4.48. The maximum Gasteiger partial charge on any atom is 0.267 e. The Morgan fingerprint density at radius 2 is 1.97 bits per heavy atom. The highest BCUT2D eigenvalue weighted by molar-refractivity contribution is 7.99. The lowest BCUT2D eigenvalue weighted by Crippen LogP contribution is -2.23. The van der Waals surface area contributed by atoms with Crippen molar-refractivity contribution in [3.8, 4) is 17.2 Å². The smallest absolute Gasteiger partial charge is 0.267 e. The van der Waals surface area contributed by atoms with Crippen molar-refractivity contribution in [2.75, 3.05) is 20.0 Å². The summed E-state index contributed by atoms with van der Waals surface area (Å²) in [5.74, 6) is 0.468. The first-order chi connectivity index (χ1) is 17.4. The molecule has 0 aliphatic heterocycles. The van der Waals surface area contributed by atoms with Crippen LogP contribution in [0.15, 0.2) is 52.4 Å². The lowest BCUT2D eigenvalue weighted by Gasteiger charge is -2.18. The Balaban J connectivity index is 1.56. The molecule has 1 unspecified atom stereocenters. The van der Waals surface area contributed by atoms with E-state index in [0.29, 0.717) is 32.7 Å². The molecule has 6 nitrogen and oxygen atoms in total. The lowest BCUT2D eigenvalue weighted by atomic mass is 9.89. The number of aromatic nitrogens is 2. The molecule has 2 heterocycles. The van der Waals surface area contributed by atoms with E-state index in [9.17, 15) is 14.0 Å². The predicted octanol–water partition coefficient (Wildman–Crippen LogP) is 5.70. The predicted molar refractivity (Wildman–Crippen MR) is 141 cm³/mol. The zero-order valence-electron chi connectivity index (χ0n) is 20.2. The quantitative estimate of drug-likeness (QED) is 0.175. The van der Waals surface area contributed by atoms with Crippen molar-refractivity contribution < 1.29 is 18.7 Å². The number of Topliss-reactive ketones (excluding diaryl/α,β-unsaturated/α-hetero) is 1. The second kappa shape index (κ2) is 10.1. The zero-order valence-corrected chi connectivity index (χ0v) is 21.8. The van der Waals surface area contributed by atoms with Gasteiger partial charge in [-0.1, -0.05) is 18.7 Å². The molecule has 2 aromatic carbocycles. The summed E-state index contributed by atoms with van der Waals surface area (Å²) in [6.45, 7) is 2.23. The van der Waals surface area contributed by atoms with Crippen LogP contribution in [0.3, 0.4) is 0 Å². The summed E-state index contributed by atoms with van der Waals surface area (Å²) in [5.41, 5.74) is 1.85. The second-order valence-electron chi connectivity index (χ2n) is 8.83. The number of carbonyl (C=O) groups excluding carboxylic acids is 1. The fourth-order valence-corrected chi connectivity index (χ4v) is 6.81. The molecule has 0 radical (unpaired) electrons. The van der Waals surface area contributed by atoms with Gasteiger partial charge in [0.25, 0.3) is 5.56 Å². The standard InChI is InChI=1S/C27H25FN2O4S2/c1-15-4-10-19-23(12-15)36-25-24(19)26(32)30(17-6-8-18(33-2)9-7-17)27(29-25)35-14-21(31)16-5-11-22(34-3)20(28)13-16/h5-9,11,13,15H,4,10,12,14H2,1-3H3. The number of fused-ring (bicyclic) bond motifs is 3. The molecular formula is C27H25FN2O4S2. The molecule has 0 fully saturated rings. The van der Waals surface area contributed by atoms with Crippen LogP contribution in [0.25, 0.3) is 15.9 Å². The van der Waals surface area contributed by atoms with Gasteiger partial charge in [-0.25, -0.2) is 9.37 Å². The Labute approximate surface area is 216 Å². The number of ether oxygens (including phenoxy) is 2. The zero-order chi connectivity index (χ0) is 25.4. The van der Waals surface area contributed by atoms with Crippen LogP contribution in [0, 0.1) is 11.7 Å². The molecule has 186 valence electrons. The lowest BCUT2D eigenvalue weighted by molar-refractivity contribution is 0.102. The van der Waals surface area contributed by atoms with Crippen LogP contribution in [0.1, 0.15) is 34.1 Å². The fraction of sp³-hybridized carbons (Fsp3) is 0.296. The van der Waals surface area contributed by atoms with Gasteiger partial charge >= 0.3 is 0 Å². The first kappa shape index (κ1) is 24.5. The molecule has 9 heteroatoms. The van der Waals surface area contributed by atoms with Crippen molar-refractivity contribution in [3.63, 3.8) is 0 Å². The maximum absolute atomic E-state index is 14.1. The number of thioether (sulfide) groups is 1. The third-order valence-electron chi connectivity index (χ3n) is 6.44. The Bertz CT molecular complexity index is 1510. The summed E-state index contributed by atoms with van der Waals surface area (Å²) in [6.07, 6.45) is 2.86. The van der Waals surface area contributed by atoms with E-state index < -0.39 is 5.82 Å². The van der Waals surface area contributed by atoms with Gasteiger partial charge < -0.3 is 9.47 Å². The van der Waals surface area contributed by atoms with Crippen molar-refractivity contribution in [2.24, 2.45) is 5.92 Å². The van der Waals surface area contributed by atoms with Crippen LogP contribution in [-0.2, 0) is 12.8 Å². The first-order valence-electron chi connectivity index (χ1n) is 11.6. The van der Waals surface area contributed by atoms with E-state index >= 15 is 0 Å². The van der Waals surface area contributed by atoms with Crippen molar-refractivity contribution in [2.45, 2.75) is 31.3 Å². The summed E-state index contributed by atoms with van der Waals surface area (Å²) in [4.78, 5) is 33.6. The van der Waals surface area contributed by atoms with Crippen molar-refractivity contribution in [1.82, 2.24) is 9.55 Å². The van der Waals surface area contributed by atoms with E-state index in [-0.39, 0.29) is 28.4 Å².